The van der Waals surface area contributed by atoms with Gasteiger partial charge in [0.05, 0.1) is 0 Å². The first-order valence-electron chi connectivity index (χ1n) is 7.10. The predicted octanol–water partition coefficient (Wildman–Crippen LogP) is 2.65. The van der Waals surface area contributed by atoms with Crippen molar-refractivity contribution < 1.29 is 4.79 Å². The van der Waals surface area contributed by atoms with E-state index in [1.54, 1.807) is 0 Å². The lowest BCUT2D eigenvalue weighted by atomic mass is 9.89. The first-order valence-corrected chi connectivity index (χ1v) is 7.10. The second kappa shape index (κ2) is 5.74. The van der Waals surface area contributed by atoms with Gasteiger partial charge in [0.25, 0.3) is 5.91 Å². The van der Waals surface area contributed by atoms with Gasteiger partial charge >= 0.3 is 0 Å². The molecule has 2 atom stereocenters. The van der Waals surface area contributed by atoms with E-state index < -0.39 is 0 Å². The fraction of sp³-hybridized carbons (Fsp3) is 0.562. The summed E-state index contributed by atoms with van der Waals surface area (Å²) in [4.78, 5) is 14.5. The van der Waals surface area contributed by atoms with Gasteiger partial charge in [0.2, 0.25) is 0 Å². The molecule has 104 valence electrons. The van der Waals surface area contributed by atoms with Crippen LogP contribution >= 0.6 is 0 Å². The van der Waals surface area contributed by atoms with Gasteiger partial charge in [0.15, 0.2) is 0 Å². The Balaban J connectivity index is 2.20. The molecular weight excluding hydrogens is 236 g/mol. The van der Waals surface area contributed by atoms with Crippen LogP contribution < -0.4 is 5.73 Å². The van der Waals surface area contributed by atoms with Crippen molar-refractivity contribution in [2.75, 3.05) is 7.05 Å². The Labute approximate surface area is 115 Å². The number of aryl methyl sites for hydroxylation is 2. The minimum atomic E-state index is 0.101. The van der Waals surface area contributed by atoms with Crippen LogP contribution in [0, 0.1) is 13.8 Å². The third-order valence-corrected chi connectivity index (χ3v) is 4.22. The molecule has 0 spiro atoms. The molecule has 1 aromatic rings. The van der Waals surface area contributed by atoms with E-state index in [-0.39, 0.29) is 18.0 Å². The molecule has 3 heteroatoms. The van der Waals surface area contributed by atoms with Crippen LogP contribution in [-0.2, 0) is 0 Å². The fourth-order valence-electron chi connectivity index (χ4n) is 2.93. The van der Waals surface area contributed by atoms with Crippen molar-refractivity contribution >= 4 is 5.91 Å². The highest BCUT2D eigenvalue weighted by molar-refractivity contribution is 5.95. The molecular formula is C16H24N2O. The number of carbonyl (C=O) groups is 1. The average Bonchev–Trinajstić information content (AvgIpc) is 2.40. The zero-order valence-electron chi connectivity index (χ0n) is 12.1. The van der Waals surface area contributed by atoms with E-state index in [0.29, 0.717) is 0 Å². The van der Waals surface area contributed by atoms with Crippen LogP contribution in [0.2, 0.25) is 0 Å². The highest BCUT2D eigenvalue weighted by Gasteiger charge is 2.29. The van der Waals surface area contributed by atoms with Gasteiger partial charge < -0.3 is 10.6 Å². The van der Waals surface area contributed by atoms with Gasteiger partial charge in [-0.15, -0.1) is 0 Å². The molecule has 1 saturated carbocycles. The van der Waals surface area contributed by atoms with Crippen LogP contribution in [0.1, 0.15) is 47.2 Å². The highest BCUT2D eigenvalue weighted by atomic mass is 16.2. The Hall–Kier alpha value is -1.35. The number of amides is 1. The molecule has 1 fully saturated rings. The maximum absolute atomic E-state index is 12.6. The van der Waals surface area contributed by atoms with Gasteiger partial charge in [-0.3, -0.25) is 4.79 Å². The van der Waals surface area contributed by atoms with Crippen molar-refractivity contribution in [3.63, 3.8) is 0 Å². The third kappa shape index (κ3) is 2.98. The van der Waals surface area contributed by atoms with Gasteiger partial charge in [-0.2, -0.15) is 0 Å². The maximum atomic E-state index is 12.6. The Morgan fingerprint density at radius 2 is 1.95 bits per heavy atom. The summed E-state index contributed by atoms with van der Waals surface area (Å²) < 4.78 is 0. The molecule has 1 aromatic carbocycles. The van der Waals surface area contributed by atoms with Crippen LogP contribution in [0.4, 0.5) is 0 Å². The molecule has 1 aliphatic carbocycles. The first-order chi connectivity index (χ1) is 9.00. The highest BCUT2D eigenvalue weighted by Crippen LogP contribution is 2.23. The van der Waals surface area contributed by atoms with E-state index in [2.05, 4.69) is 0 Å². The van der Waals surface area contributed by atoms with Gasteiger partial charge in [0, 0.05) is 24.7 Å². The summed E-state index contributed by atoms with van der Waals surface area (Å²) in [7, 11) is 1.89. The van der Waals surface area contributed by atoms with E-state index >= 15 is 0 Å². The third-order valence-electron chi connectivity index (χ3n) is 4.22. The normalized spacial score (nSPS) is 23.2. The lowest BCUT2D eigenvalue weighted by molar-refractivity contribution is 0.0671. The standard InChI is InChI=1S/C16H24N2O/c1-11-8-9-12(2)13(10-11)16(19)18(3)15-7-5-4-6-14(15)17/h8-10,14-15H,4-7,17H2,1-3H3. The first kappa shape index (κ1) is 14.1. The second-order valence-electron chi connectivity index (χ2n) is 5.75. The van der Waals surface area contributed by atoms with Crippen molar-refractivity contribution in [2.45, 2.75) is 51.6 Å². The van der Waals surface area contributed by atoms with Crippen molar-refractivity contribution in [1.82, 2.24) is 4.90 Å². The van der Waals surface area contributed by atoms with Gasteiger partial charge in [-0.1, -0.05) is 30.5 Å². The molecule has 0 aromatic heterocycles. The molecule has 2 N–H and O–H groups in total. The number of benzene rings is 1. The molecule has 3 nitrogen and oxygen atoms in total. The summed E-state index contributed by atoms with van der Waals surface area (Å²) >= 11 is 0. The molecule has 0 radical (unpaired) electrons. The molecule has 0 saturated heterocycles. The largest absolute Gasteiger partial charge is 0.337 e. The van der Waals surface area contributed by atoms with Crippen molar-refractivity contribution in [3.8, 4) is 0 Å². The summed E-state index contributed by atoms with van der Waals surface area (Å²) in [5, 5.41) is 0. The minimum Gasteiger partial charge on any atom is -0.337 e. The van der Waals surface area contributed by atoms with E-state index in [4.69, 9.17) is 5.73 Å². The number of rotatable bonds is 2. The van der Waals surface area contributed by atoms with Crippen LogP contribution in [0.15, 0.2) is 18.2 Å². The fourth-order valence-corrected chi connectivity index (χ4v) is 2.93. The van der Waals surface area contributed by atoms with Crippen molar-refractivity contribution in [1.29, 1.82) is 0 Å². The van der Waals surface area contributed by atoms with Crippen molar-refractivity contribution in [3.05, 3.63) is 34.9 Å². The number of carbonyl (C=O) groups excluding carboxylic acids is 1. The Kier molecular flexibility index (Phi) is 4.25. The number of nitrogens with zero attached hydrogens (tertiary/aromatic N) is 1. The summed E-state index contributed by atoms with van der Waals surface area (Å²) in [6.45, 7) is 4.00. The zero-order chi connectivity index (χ0) is 14.0. The molecule has 0 heterocycles. The molecule has 1 amide bonds. The van der Waals surface area contributed by atoms with E-state index in [1.165, 1.54) is 12.8 Å². The predicted molar refractivity (Wildman–Crippen MR) is 78.2 cm³/mol. The SMILES string of the molecule is Cc1ccc(C)c(C(=O)N(C)C2CCCCC2N)c1. The molecule has 2 rings (SSSR count). The molecule has 1 aliphatic rings. The molecule has 2 unspecified atom stereocenters. The molecule has 19 heavy (non-hydrogen) atoms. The Morgan fingerprint density at radius 3 is 2.63 bits per heavy atom. The lowest BCUT2D eigenvalue weighted by Gasteiger charge is -2.36. The van der Waals surface area contributed by atoms with E-state index in [9.17, 15) is 4.79 Å². The molecule has 0 aliphatic heterocycles. The van der Waals surface area contributed by atoms with E-state index in [0.717, 1.165) is 29.5 Å². The lowest BCUT2D eigenvalue weighted by Crippen LogP contribution is -2.50. The smallest absolute Gasteiger partial charge is 0.254 e. The Morgan fingerprint density at radius 1 is 1.26 bits per heavy atom. The van der Waals surface area contributed by atoms with Gasteiger partial charge in [-0.05, 0) is 38.3 Å². The number of likely N-dealkylation sites (N-methyl/N-ethyl adjacent to an activating group) is 1. The summed E-state index contributed by atoms with van der Waals surface area (Å²) in [6, 6.07) is 6.33. The van der Waals surface area contributed by atoms with Crippen molar-refractivity contribution in [2.24, 2.45) is 5.73 Å². The number of hydrogen-bond acceptors (Lipinski definition) is 2. The molecule has 0 bridgehead atoms. The second-order valence-corrected chi connectivity index (χ2v) is 5.75. The summed E-state index contributed by atoms with van der Waals surface area (Å²) in [5.41, 5.74) is 9.13. The monoisotopic (exact) mass is 260 g/mol. The average molecular weight is 260 g/mol. The number of nitrogens with two attached hydrogens (primary N) is 1. The van der Waals surface area contributed by atoms with Gasteiger partial charge in [-0.25, -0.2) is 0 Å². The topological polar surface area (TPSA) is 46.3 Å². The minimum absolute atomic E-state index is 0.101. The zero-order valence-corrected chi connectivity index (χ0v) is 12.1. The number of hydrogen-bond donors (Lipinski definition) is 1. The van der Waals surface area contributed by atoms with Crippen LogP contribution in [0.3, 0.4) is 0 Å². The van der Waals surface area contributed by atoms with E-state index in [1.807, 2.05) is 44.0 Å². The summed E-state index contributed by atoms with van der Waals surface area (Å²) in [6.07, 6.45) is 4.40. The summed E-state index contributed by atoms with van der Waals surface area (Å²) in [5.74, 6) is 0.101. The quantitative estimate of drug-likeness (QED) is 0.888. The van der Waals surface area contributed by atoms with Gasteiger partial charge in [0.1, 0.15) is 0 Å². The van der Waals surface area contributed by atoms with Crippen LogP contribution in [-0.4, -0.2) is 29.9 Å². The van der Waals surface area contributed by atoms with Crippen LogP contribution in [0.5, 0.6) is 0 Å². The Bertz CT molecular complexity index is 470. The maximum Gasteiger partial charge on any atom is 0.254 e. The van der Waals surface area contributed by atoms with Crippen LogP contribution in [0.25, 0.3) is 0 Å².